The maximum Gasteiger partial charge on any atom is 0.417 e. The Balaban J connectivity index is 1.33. The van der Waals surface area contributed by atoms with Crippen molar-refractivity contribution >= 4 is 18.7 Å². The molecule has 4 rings (SSSR count). The second-order valence-corrected chi connectivity index (χ2v) is 9.09. The Morgan fingerprint density at radius 2 is 1.79 bits per heavy atom. The van der Waals surface area contributed by atoms with Gasteiger partial charge in [-0.05, 0) is 12.0 Å². The molecule has 2 atom stereocenters. The van der Waals surface area contributed by atoms with Crippen LogP contribution in [0.2, 0.25) is 18.0 Å². The van der Waals surface area contributed by atoms with Crippen LogP contribution in [0.3, 0.4) is 0 Å². The zero-order valence-electron chi connectivity index (χ0n) is 17.0. The number of cyclic esters (lactones) is 1. The van der Waals surface area contributed by atoms with Crippen LogP contribution in [0.4, 0.5) is 4.79 Å². The summed E-state index contributed by atoms with van der Waals surface area (Å²) >= 11 is 0. The van der Waals surface area contributed by atoms with E-state index in [0.717, 1.165) is 36.8 Å². The van der Waals surface area contributed by atoms with Crippen LogP contribution in [0.15, 0.2) is 30.3 Å². The van der Waals surface area contributed by atoms with Gasteiger partial charge in [0.25, 0.3) is 0 Å². The standard InChI is InChI=1S/C23H32BNO3/c1-17(8-7-15-24-19-11-5-12-20(24)14-6-13-19)22(26)25-21(16-28-23(25)27)18-9-3-2-4-10-18/h2-4,9-10,17,19-21H,5-8,11-16H2,1H3/t17-,19?,20?,21-/m0/s1. The van der Waals surface area contributed by atoms with E-state index in [9.17, 15) is 9.59 Å². The Morgan fingerprint density at radius 1 is 1.14 bits per heavy atom. The molecular formula is C23H32BNO3. The molecule has 5 heteroatoms. The maximum atomic E-state index is 13.0. The smallest absolute Gasteiger partial charge is 0.417 e. The van der Waals surface area contributed by atoms with Crippen molar-refractivity contribution in [3.8, 4) is 0 Å². The van der Waals surface area contributed by atoms with Crippen LogP contribution in [-0.4, -0.2) is 30.2 Å². The molecule has 1 aromatic rings. The van der Waals surface area contributed by atoms with Gasteiger partial charge in [-0.2, -0.15) is 0 Å². The highest BCUT2D eigenvalue weighted by Gasteiger charge is 2.41. The van der Waals surface area contributed by atoms with Crippen molar-refractivity contribution in [2.45, 2.75) is 82.3 Å². The van der Waals surface area contributed by atoms with Crippen LogP contribution in [-0.2, 0) is 9.53 Å². The Morgan fingerprint density at radius 3 is 2.43 bits per heavy atom. The maximum absolute atomic E-state index is 13.0. The second-order valence-electron chi connectivity index (χ2n) is 9.09. The van der Waals surface area contributed by atoms with E-state index >= 15 is 0 Å². The average molecular weight is 381 g/mol. The fourth-order valence-corrected chi connectivity index (χ4v) is 5.89. The molecule has 3 heterocycles. The van der Waals surface area contributed by atoms with E-state index in [1.54, 1.807) is 0 Å². The molecule has 3 aliphatic rings. The van der Waals surface area contributed by atoms with E-state index in [1.165, 1.54) is 49.7 Å². The van der Waals surface area contributed by atoms with Gasteiger partial charge < -0.3 is 4.74 Å². The van der Waals surface area contributed by atoms with Gasteiger partial charge >= 0.3 is 6.09 Å². The number of imide groups is 1. The molecule has 0 aliphatic carbocycles. The Hall–Kier alpha value is -1.78. The van der Waals surface area contributed by atoms with Gasteiger partial charge in [-0.25, -0.2) is 9.69 Å². The Kier molecular flexibility index (Phi) is 6.08. The lowest BCUT2D eigenvalue weighted by Crippen LogP contribution is -2.38. The minimum atomic E-state index is -0.493. The van der Waals surface area contributed by atoms with E-state index in [2.05, 4.69) is 0 Å². The first-order valence-corrected chi connectivity index (χ1v) is 11.2. The molecular weight excluding hydrogens is 349 g/mol. The fourth-order valence-electron chi connectivity index (χ4n) is 5.89. The molecule has 1 aromatic carbocycles. The van der Waals surface area contributed by atoms with Gasteiger partial charge in [-0.3, -0.25) is 4.79 Å². The van der Waals surface area contributed by atoms with E-state index in [-0.39, 0.29) is 24.5 Å². The lowest BCUT2D eigenvalue weighted by Gasteiger charge is -2.40. The van der Waals surface area contributed by atoms with Crippen molar-refractivity contribution in [2.24, 2.45) is 5.92 Å². The number of amides is 2. The van der Waals surface area contributed by atoms with Gasteiger partial charge in [0.2, 0.25) is 5.91 Å². The molecule has 4 nitrogen and oxygen atoms in total. The van der Waals surface area contributed by atoms with Crippen LogP contribution in [0.5, 0.6) is 0 Å². The van der Waals surface area contributed by atoms with Crippen LogP contribution in [0.1, 0.15) is 69.9 Å². The third kappa shape index (κ3) is 3.99. The molecule has 3 fully saturated rings. The third-order valence-corrected chi connectivity index (χ3v) is 7.40. The van der Waals surface area contributed by atoms with E-state index in [0.29, 0.717) is 0 Å². The minimum Gasteiger partial charge on any atom is -0.446 e. The van der Waals surface area contributed by atoms with E-state index < -0.39 is 6.09 Å². The molecule has 0 radical (unpaired) electrons. The number of hydrogen-bond acceptors (Lipinski definition) is 3. The largest absolute Gasteiger partial charge is 0.446 e. The van der Waals surface area contributed by atoms with Gasteiger partial charge in [0.15, 0.2) is 0 Å². The summed E-state index contributed by atoms with van der Waals surface area (Å²) in [4.78, 5) is 26.6. The van der Waals surface area contributed by atoms with Crippen molar-refractivity contribution in [1.82, 2.24) is 4.90 Å². The highest BCUT2D eigenvalue weighted by Crippen LogP contribution is 2.48. The number of hydrogen-bond donors (Lipinski definition) is 0. The summed E-state index contributed by atoms with van der Waals surface area (Å²) in [5.74, 6) is 1.63. The summed E-state index contributed by atoms with van der Waals surface area (Å²) in [5, 5.41) is 0. The highest BCUT2D eigenvalue weighted by atomic mass is 16.6. The van der Waals surface area contributed by atoms with Crippen LogP contribution < -0.4 is 0 Å². The van der Waals surface area contributed by atoms with Crippen LogP contribution in [0, 0.1) is 5.92 Å². The van der Waals surface area contributed by atoms with Crippen molar-refractivity contribution < 1.29 is 14.3 Å². The van der Waals surface area contributed by atoms with E-state index in [4.69, 9.17) is 4.74 Å². The fraction of sp³-hybridized carbons (Fsp3) is 0.652. The topological polar surface area (TPSA) is 46.6 Å². The quantitative estimate of drug-likeness (QED) is 0.592. The predicted molar refractivity (Wildman–Crippen MR) is 112 cm³/mol. The van der Waals surface area contributed by atoms with Gasteiger partial charge in [0.1, 0.15) is 19.4 Å². The molecule has 3 aliphatic heterocycles. The SMILES string of the molecule is C[C@@H](CCCB1C2CCCC1CCC2)C(=O)N1C(=O)OC[C@H]1c1ccccc1. The summed E-state index contributed by atoms with van der Waals surface area (Å²) in [6, 6.07) is 9.44. The second kappa shape index (κ2) is 8.71. The van der Waals surface area contributed by atoms with Crippen molar-refractivity contribution in [1.29, 1.82) is 0 Å². The predicted octanol–water partition coefficient (Wildman–Crippen LogP) is 5.73. The Bertz CT molecular complexity index is 672. The number of fused-ring (bicyclic) bond motifs is 2. The van der Waals surface area contributed by atoms with Crippen LogP contribution >= 0.6 is 0 Å². The number of nitrogens with zero attached hydrogens (tertiary/aromatic N) is 1. The van der Waals surface area contributed by atoms with Crippen molar-refractivity contribution in [2.75, 3.05) is 6.61 Å². The minimum absolute atomic E-state index is 0.0832. The summed E-state index contributed by atoms with van der Waals surface area (Å²) in [6.45, 7) is 3.10. The summed E-state index contributed by atoms with van der Waals surface area (Å²) < 4.78 is 5.22. The normalized spacial score (nSPS) is 28.2. The van der Waals surface area contributed by atoms with Crippen molar-refractivity contribution in [3.63, 3.8) is 0 Å². The summed E-state index contributed by atoms with van der Waals surface area (Å²) in [7, 11) is 0. The number of ether oxygens (including phenoxy) is 1. The Labute approximate surface area is 169 Å². The molecule has 0 spiro atoms. The van der Waals surface area contributed by atoms with Gasteiger partial charge in [0, 0.05) is 5.92 Å². The van der Waals surface area contributed by atoms with Gasteiger partial charge in [-0.15, -0.1) is 0 Å². The lowest BCUT2D eigenvalue weighted by molar-refractivity contribution is -0.133. The van der Waals surface area contributed by atoms with Crippen molar-refractivity contribution in [3.05, 3.63) is 35.9 Å². The zero-order valence-corrected chi connectivity index (χ0v) is 17.0. The average Bonchev–Trinajstić information content (AvgIpc) is 3.09. The molecule has 2 bridgehead atoms. The molecule has 0 unspecified atom stereocenters. The molecule has 28 heavy (non-hydrogen) atoms. The summed E-state index contributed by atoms with van der Waals surface area (Å²) in [6.07, 6.45) is 11.2. The van der Waals surface area contributed by atoms with E-state index in [1.807, 2.05) is 37.3 Å². The monoisotopic (exact) mass is 381 g/mol. The molecule has 3 saturated heterocycles. The summed E-state index contributed by atoms with van der Waals surface area (Å²) in [5.41, 5.74) is 0.962. The molecule has 0 aromatic heterocycles. The molecule has 2 amide bonds. The number of carbonyl (C=O) groups is 2. The molecule has 150 valence electrons. The first-order valence-electron chi connectivity index (χ1n) is 11.2. The molecule has 0 saturated carbocycles. The number of benzene rings is 1. The van der Waals surface area contributed by atoms with Gasteiger partial charge in [0.05, 0.1) is 0 Å². The molecule has 0 N–H and O–H groups in total. The van der Waals surface area contributed by atoms with Gasteiger partial charge in [-0.1, -0.05) is 100 Å². The highest BCUT2D eigenvalue weighted by molar-refractivity contribution is 6.62. The third-order valence-electron chi connectivity index (χ3n) is 7.40. The number of rotatable bonds is 6. The zero-order chi connectivity index (χ0) is 19.5. The lowest BCUT2D eigenvalue weighted by atomic mass is 9.26. The van der Waals surface area contributed by atoms with Crippen LogP contribution in [0.25, 0.3) is 0 Å². The number of carbonyl (C=O) groups excluding carboxylic acids is 2. The first kappa shape index (κ1) is 19.5. The first-order chi connectivity index (χ1) is 13.6.